The molecule has 142 valence electrons. The summed E-state index contributed by atoms with van der Waals surface area (Å²) in [4.78, 5) is 22.7. The monoisotopic (exact) mass is 379 g/mol. The molecule has 0 fully saturated rings. The van der Waals surface area contributed by atoms with Crippen LogP contribution >= 0.6 is 0 Å². The number of H-pyrrole nitrogens is 1. The molecule has 0 saturated carbocycles. The summed E-state index contributed by atoms with van der Waals surface area (Å²) in [5.74, 6) is 0.152. The van der Waals surface area contributed by atoms with Crippen LogP contribution in [0.1, 0.15) is 23.0 Å². The van der Waals surface area contributed by atoms with Gasteiger partial charge in [0, 0.05) is 23.3 Å². The lowest BCUT2D eigenvalue weighted by Crippen LogP contribution is -2.19. The van der Waals surface area contributed by atoms with Crippen LogP contribution in [0.2, 0.25) is 0 Å². The minimum atomic E-state index is -0.488. The Hall–Kier alpha value is -4.01. The maximum Gasteiger partial charge on any atom is 0.289 e. The molecular formula is C19H17N5O4. The van der Waals surface area contributed by atoms with Gasteiger partial charge in [0.25, 0.3) is 11.6 Å². The first-order valence-corrected chi connectivity index (χ1v) is 8.28. The van der Waals surface area contributed by atoms with Gasteiger partial charge in [-0.05, 0) is 25.1 Å². The van der Waals surface area contributed by atoms with Crippen molar-refractivity contribution in [2.75, 3.05) is 7.11 Å². The third-order valence-corrected chi connectivity index (χ3v) is 4.01. The highest BCUT2D eigenvalue weighted by Gasteiger charge is 2.14. The quantitative estimate of drug-likeness (QED) is 0.387. The number of nitrogens with zero attached hydrogens (tertiary/aromatic N) is 3. The summed E-state index contributed by atoms with van der Waals surface area (Å²) in [5.41, 5.74) is 4.86. The number of non-ortho nitro benzene ring substituents is 1. The molecular weight excluding hydrogens is 362 g/mol. The van der Waals surface area contributed by atoms with E-state index in [1.54, 1.807) is 38.3 Å². The second-order valence-electron chi connectivity index (χ2n) is 5.81. The molecule has 9 nitrogen and oxygen atoms in total. The molecule has 0 radical (unpaired) electrons. The van der Waals surface area contributed by atoms with Crippen LogP contribution in [0.5, 0.6) is 5.75 Å². The largest absolute Gasteiger partial charge is 0.496 e. The van der Waals surface area contributed by atoms with Crippen LogP contribution in [0.25, 0.3) is 11.3 Å². The van der Waals surface area contributed by atoms with E-state index in [4.69, 9.17) is 4.74 Å². The number of nitro groups is 1. The lowest BCUT2D eigenvalue weighted by Gasteiger charge is -2.04. The third-order valence-electron chi connectivity index (χ3n) is 4.01. The number of hydrogen-bond acceptors (Lipinski definition) is 6. The Morgan fingerprint density at radius 3 is 2.75 bits per heavy atom. The molecule has 2 N–H and O–H groups in total. The molecule has 0 aliphatic carbocycles. The van der Waals surface area contributed by atoms with Crippen molar-refractivity contribution in [3.8, 4) is 17.0 Å². The first kappa shape index (κ1) is 18.8. The summed E-state index contributed by atoms with van der Waals surface area (Å²) in [5, 5.41) is 21.7. The van der Waals surface area contributed by atoms with E-state index in [1.165, 1.54) is 12.1 Å². The highest BCUT2D eigenvalue weighted by molar-refractivity contribution is 6.01. The van der Waals surface area contributed by atoms with Crippen molar-refractivity contribution >= 4 is 17.3 Å². The van der Waals surface area contributed by atoms with Crippen LogP contribution in [0.4, 0.5) is 5.69 Å². The van der Waals surface area contributed by atoms with Gasteiger partial charge in [0.15, 0.2) is 0 Å². The molecule has 28 heavy (non-hydrogen) atoms. The maximum atomic E-state index is 12.3. The number of hydrogen-bond donors (Lipinski definition) is 2. The summed E-state index contributed by atoms with van der Waals surface area (Å²) in [6.07, 6.45) is 0. The smallest absolute Gasteiger partial charge is 0.289 e. The topological polar surface area (TPSA) is 123 Å². The van der Waals surface area contributed by atoms with Crippen molar-refractivity contribution in [3.63, 3.8) is 0 Å². The molecule has 0 aliphatic rings. The first-order chi connectivity index (χ1) is 13.5. The van der Waals surface area contributed by atoms with Gasteiger partial charge in [-0.15, -0.1) is 0 Å². The lowest BCUT2D eigenvalue weighted by molar-refractivity contribution is -0.384. The number of ether oxygens (including phenoxy) is 1. The van der Waals surface area contributed by atoms with Crippen molar-refractivity contribution < 1.29 is 14.5 Å². The summed E-state index contributed by atoms with van der Waals surface area (Å²) in [6.45, 7) is 1.65. The van der Waals surface area contributed by atoms with Crippen molar-refractivity contribution in [3.05, 3.63) is 76.0 Å². The van der Waals surface area contributed by atoms with Crippen LogP contribution in [-0.4, -0.2) is 33.8 Å². The Bertz CT molecular complexity index is 1060. The second kappa shape index (κ2) is 8.12. The number of aromatic amines is 1. The fourth-order valence-electron chi connectivity index (χ4n) is 2.54. The molecule has 0 bridgehead atoms. The van der Waals surface area contributed by atoms with Crippen LogP contribution < -0.4 is 10.2 Å². The Kier molecular flexibility index (Phi) is 5.45. The summed E-state index contributed by atoms with van der Waals surface area (Å²) in [7, 11) is 1.56. The number of nitro benzene ring substituents is 1. The van der Waals surface area contributed by atoms with Crippen LogP contribution in [-0.2, 0) is 0 Å². The second-order valence-corrected chi connectivity index (χ2v) is 5.81. The molecule has 0 unspecified atom stereocenters. The van der Waals surface area contributed by atoms with Gasteiger partial charge in [0.05, 0.1) is 23.4 Å². The predicted molar refractivity (Wildman–Crippen MR) is 103 cm³/mol. The normalized spacial score (nSPS) is 11.1. The van der Waals surface area contributed by atoms with Crippen molar-refractivity contribution in [1.82, 2.24) is 15.6 Å². The Labute approximate surface area is 160 Å². The van der Waals surface area contributed by atoms with Gasteiger partial charge in [0.2, 0.25) is 0 Å². The Morgan fingerprint density at radius 2 is 2.00 bits per heavy atom. The van der Waals surface area contributed by atoms with Gasteiger partial charge in [-0.2, -0.15) is 10.2 Å². The molecule has 0 saturated heterocycles. The average Bonchev–Trinajstić information content (AvgIpc) is 3.22. The number of aromatic nitrogens is 2. The zero-order valence-electron chi connectivity index (χ0n) is 15.2. The van der Waals surface area contributed by atoms with Gasteiger partial charge in [-0.3, -0.25) is 20.0 Å². The molecule has 3 aromatic rings. The van der Waals surface area contributed by atoms with Crippen LogP contribution in [0, 0.1) is 10.1 Å². The van der Waals surface area contributed by atoms with E-state index in [1.807, 2.05) is 18.2 Å². The molecule has 1 amide bonds. The lowest BCUT2D eigenvalue weighted by atomic mass is 10.1. The zero-order valence-corrected chi connectivity index (χ0v) is 15.2. The molecule has 2 aromatic carbocycles. The Morgan fingerprint density at radius 1 is 1.21 bits per heavy atom. The fourth-order valence-corrected chi connectivity index (χ4v) is 2.54. The van der Waals surface area contributed by atoms with Crippen molar-refractivity contribution in [1.29, 1.82) is 0 Å². The highest BCUT2D eigenvalue weighted by Crippen LogP contribution is 2.28. The molecule has 0 atom stereocenters. The van der Waals surface area contributed by atoms with E-state index in [0.29, 0.717) is 22.7 Å². The van der Waals surface area contributed by atoms with E-state index in [-0.39, 0.29) is 11.4 Å². The van der Waals surface area contributed by atoms with Crippen LogP contribution in [0.3, 0.4) is 0 Å². The molecule has 0 aliphatic heterocycles. The van der Waals surface area contributed by atoms with E-state index in [9.17, 15) is 14.9 Å². The minimum Gasteiger partial charge on any atom is -0.496 e. The number of benzene rings is 2. The first-order valence-electron chi connectivity index (χ1n) is 8.28. The summed E-state index contributed by atoms with van der Waals surface area (Å²) in [6, 6.07) is 14.9. The average molecular weight is 379 g/mol. The molecule has 3 rings (SSSR count). The van der Waals surface area contributed by atoms with Crippen LogP contribution in [0.15, 0.2) is 59.7 Å². The number of rotatable bonds is 6. The molecule has 0 spiro atoms. The number of para-hydroxylation sites is 1. The van der Waals surface area contributed by atoms with Gasteiger partial charge in [-0.25, -0.2) is 5.43 Å². The number of hydrazone groups is 1. The van der Waals surface area contributed by atoms with Gasteiger partial charge < -0.3 is 4.74 Å². The van der Waals surface area contributed by atoms with E-state index in [2.05, 4.69) is 20.7 Å². The fraction of sp³-hybridized carbons (Fsp3) is 0.105. The number of methoxy groups -OCH3 is 1. The maximum absolute atomic E-state index is 12.3. The standard InChI is InChI=1S/C19H17N5O4/c1-12(13-6-5-7-14(10-13)24(26)27)20-23-19(25)17-11-16(21-22-17)15-8-3-4-9-18(15)28-2/h3-11H,1-2H3,(H,21,22)(H,23,25)/b20-12+. The molecule has 1 heterocycles. The summed E-state index contributed by atoms with van der Waals surface area (Å²) < 4.78 is 5.30. The molecule has 1 aromatic heterocycles. The van der Waals surface area contributed by atoms with Gasteiger partial charge in [0.1, 0.15) is 11.4 Å². The van der Waals surface area contributed by atoms with Crippen molar-refractivity contribution in [2.24, 2.45) is 5.10 Å². The number of carbonyl (C=O) groups excluding carboxylic acids is 1. The number of amides is 1. The SMILES string of the molecule is COc1ccccc1-c1cc(C(=O)N/N=C(\C)c2cccc([N+](=O)[O-])c2)[nH]n1. The van der Waals surface area contributed by atoms with E-state index in [0.717, 1.165) is 5.56 Å². The highest BCUT2D eigenvalue weighted by atomic mass is 16.6. The minimum absolute atomic E-state index is 0.0478. The van der Waals surface area contributed by atoms with Gasteiger partial charge >= 0.3 is 0 Å². The van der Waals surface area contributed by atoms with E-state index >= 15 is 0 Å². The van der Waals surface area contributed by atoms with E-state index < -0.39 is 10.8 Å². The Balaban J connectivity index is 1.75. The third kappa shape index (κ3) is 4.04. The predicted octanol–water partition coefficient (Wildman–Crippen LogP) is 3.15. The zero-order chi connectivity index (χ0) is 20.1. The number of nitrogens with one attached hydrogen (secondary N) is 2. The number of carbonyl (C=O) groups is 1. The molecule has 9 heteroatoms. The summed E-state index contributed by atoms with van der Waals surface area (Å²) >= 11 is 0. The van der Waals surface area contributed by atoms with Gasteiger partial charge in [-0.1, -0.05) is 24.3 Å². The van der Waals surface area contributed by atoms with Crippen molar-refractivity contribution in [2.45, 2.75) is 6.92 Å².